The molecule has 2 heteroatoms. The molecule has 1 aliphatic heterocycles. The molecule has 286 valence electrons. The molecule has 0 amide bonds. The fraction of sp³-hybridized carbons (Fsp3) is 0.103. The van der Waals surface area contributed by atoms with Gasteiger partial charge in [-0.3, -0.25) is 0 Å². The third-order valence-corrected chi connectivity index (χ3v) is 13.7. The molecule has 0 radical (unpaired) electrons. The molecule has 2 nitrogen and oxygen atoms in total. The van der Waals surface area contributed by atoms with Crippen LogP contribution in [0, 0.1) is 0 Å². The van der Waals surface area contributed by atoms with Gasteiger partial charge in [0.1, 0.15) is 5.75 Å². The first kappa shape index (κ1) is 34.8. The minimum Gasteiger partial charge on any atom is -0.454 e. The zero-order valence-corrected chi connectivity index (χ0v) is 34.3. The van der Waals surface area contributed by atoms with E-state index in [1.165, 1.54) is 66.6 Å². The summed E-state index contributed by atoms with van der Waals surface area (Å²) in [5, 5.41) is 2.34. The minimum atomic E-state index is -0.164. The maximum Gasteiger partial charge on any atom is 0.159 e. The Labute approximate surface area is 352 Å². The minimum absolute atomic E-state index is 0.164. The second-order valence-corrected chi connectivity index (χ2v) is 17.7. The fourth-order valence-corrected chi connectivity index (χ4v) is 10.6. The molecule has 2 aliphatic carbocycles. The predicted octanol–water partition coefficient (Wildman–Crippen LogP) is 16.0. The van der Waals surface area contributed by atoms with Crippen molar-refractivity contribution < 1.29 is 4.74 Å². The first-order valence-corrected chi connectivity index (χ1v) is 21.1. The van der Waals surface area contributed by atoms with Crippen LogP contribution >= 0.6 is 0 Å². The lowest BCUT2D eigenvalue weighted by molar-refractivity contribution is 0.489. The lowest BCUT2D eigenvalue weighted by atomic mass is 9.82. The Balaban J connectivity index is 1.15. The van der Waals surface area contributed by atoms with Gasteiger partial charge in [-0.15, -0.1) is 0 Å². The van der Waals surface area contributed by atoms with E-state index in [0.29, 0.717) is 0 Å². The fourth-order valence-electron chi connectivity index (χ4n) is 10.6. The van der Waals surface area contributed by atoms with E-state index < -0.39 is 0 Å². The summed E-state index contributed by atoms with van der Waals surface area (Å²) in [6, 6.07) is 69.3. The molecule has 60 heavy (non-hydrogen) atoms. The molecule has 0 bridgehead atoms. The average molecular weight is 770 g/mol. The van der Waals surface area contributed by atoms with Crippen LogP contribution in [0.25, 0.3) is 66.4 Å². The zero-order valence-electron chi connectivity index (χ0n) is 34.3. The molecule has 9 aromatic rings. The van der Waals surface area contributed by atoms with Crippen LogP contribution in [0.1, 0.15) is 49.9 Å². The van der Waals surface area contributed by atoms with Gasteiger partial charge >= 0.3 is 0 Å². The van der Waals surface area contributed by atoms with Gasteiger partial charge in [0.05, 0.1) is 5.69 Å². The first-order chi connectivity index (χ1) is 29.3. The molecule has 0 N–H and O–H groups in total. The number of ether oxygens (including phenoxy) is 1. The van der Waals surface area contributed by atoms with Crippen molar-refractivity contribution in [2.24, 2.45) is 0 Å². The number of hydrogen-bond acceptors (Lipinski definition) is 2. The van der Waals surface area contributed by atoms with Gasteiger partial charge in [-0.2, -0.15) is 0 Å². The van der Waals surface area contributed by atoms with E-state index in [1.54, 1.807) is 0 Å². The SMILES string of the molecule is CC1(C)c2ccccc2-c2ccc(N(c3ccc4c(c3)C(C)(C)c3ccccc3-4)c3cccc4c3Oc3cc5ccccc5cc3-c3cccc(-c5ccccc5)c3-4)cc21. The van der Waals surface area contributed by atoms with Crippen LogP contribution in [0.2, 0.25) is 0 Å². The third-order valence-electron chi connectivity index (χ3n) is 13.7. The molecule has 0 unspecified atom stereocenters. The zero-order chi connectivity index (χ0) is 40.3. The van der Waals surface area contributed by atoms with Gasteiger partial charge in [-0.25, -0.2) is 0 Å². The highest BCUT2D eigenvalue weighted by Gasteiger charge is 2.38. The maximum absolute atomic E-state index is 7.47. The molecule has 0 aromatic heterocycles. The highest BCUT2D eigenvalue weighted by molar-refractivity contribution is 6.04. The molecular weight excluding hydrogens is 727 g/mol. The Morgan fingerprint density at radius 2 is 0.867 bits per heavy atom. The first-order valence-electron chi connectivity index (χ1n) is 21.1. The molecule has 0 atom stereocenters. The van der Waals surface area contributed by atoms with E-state index in [-0.39, 0.29) is 10.8 Å². The number of anilines is 3. The Morgan fingerprint density at radius 3 is 1.52 bits per heavy atom. The summed E-state index contributed by atoms with van der Waals surface area (Å²) in [6.07, 6.45) is 0. The summed E-state index contributed by atoms with van der Waals surface area (Å²) in [5.41, 5.74) is 20.3. The number of hydrogen-bond donors (Lipinski definition) is 0. The number of rotatable bonds is 4. The van der Waals surface area contributed by atoms with E-state index >= 15 is 0 Å². The summed E-state index contributed by atoms with van der Waals surface area (Å²) in [5.74, 6) is 1.68. The summed E-state index contributed by atoms with van der Waals surface area (Å²) in [4.78, 5) is 2.45. The number of fused-ring (bicyclic) bond motifs is 12. The van der Waals surface area contributed by atoms with Crippen molar-refractivity contribution in [3.05, 3.63) is 210 Å². The van der Waals surface area contributed by atoms with Gasteiger partial charge < -0.3 is 9.64 Å². The number of nitrogens with zero attached hydrogens (tertiary/aromatic N) is 1. The van der Waals surface area contributed by atoms with Crippen LogP contribution in [0.5, 0.6) is 11.5 Å². The molecule has 12 rings (SSSR count). The molecular formula is C58H43NO. The Morgan fingerprint density at radius 1 is 0.367 bits per heavy atom. The summed E-state index contributed by atoms with van der Waals surface area (Å²) in [7, 11) is 0. The van der Waals surface area contributed by atoms with Crippen LogP contribution in [0.15, 0.2) is 188 Å². The Kier molecular flexibility index (Phi) is 7.36. The van der Waals surface area contributed by atoms with Crippen molar-refractivity contribution in [1.29, 1.82) is 0 Å². The molecule has 0 saturated carbocycles. The van der Waals surface area contributed by atoms with Crippen LogP contribution in [0.4, 0.5) is 17.1 Å². The quantitative estimate of drug-likeness (QED) is 0.177. The van der Waals surface area contributed by atoms with Gasteiger partial charge in [-0.1, -0.05) is 173 Å². The largest absolute Gasteiger partial charge is 0.454 e. The molecule has 0 spiro atoms. The van der Waals surface area contributed by atoms with Crippen LogP contribution < -0.4 is 9.64 Å². The van der Waals surface area contributed by atoms with Crippen molar-refractivity contribution in [3.8, 4) is 67.1 Å². The smallest absolute Gasteiger partial charge is 0.159 e. The van der Waals surface area contributed by atoms with E-state index in [0.717, 1.165) is 50.6 Å². The second kappa shape index (κ2) is 12.7. The molecule has 1 heterocycles. The van der Waals surface area contributed by atoms with Crippen molar-refractivity contribution in [3.63, 3.8) is 0 Å². The van der Waals surface area contributed by atoms with Crippen LogP contribution in [0.3, 0.4) is 0 Å². The van der Waals surface area contributed by atoms with E-state index in [2.05, 4.69) is 221 Å². The van der Waals surface area contributed by atoms with Gasteiger partial charge in [0.15, 0.2) is 5.75 Å². The van der Waals surface area contributed by atoms with Crippen LogP contribution in [-0.4, -0.2) is 0 Å². The highest BCUT2D eigenvalue weighted by atomic mass is 16.5. The van der Waals surface area contributed by atoms with Gasteiger partial charge in [0, 0.05) is 38.9 Å². The van der Waals surface area contributed by atoms with Crippen LogP contribution in [-0.2, 0) is 10.8 Å². The Hall–Kier alpha value is -7.16. The van der Waals surface area contributed by atoms with E-state index in [1.807, 2.05) is 0 Å². The lowest BCUT2D eigenvalue weighted by Gasteiger charge is -2.31. The van der Waals surface area contributed by atoms with Crippen molar-refractivity contribution in [2.45, 2.75) is 38.5 Å². The molecule has 9 aromatic carbocycles. The monoisotopic (exact) mass is 769 g/mol. The van der Waals surface area contributed by atoms with Gasteiger partial charge in [0.2, 0.25) is 0 Å². The number of benzene rings is 9. The summed E-state index contributed by atoms with van der Waals surface area (Å²) < 4.78 is 7.47. The highest BCUT2D eigenvalue weighted by Crippen LogP contribution is 2.58. The standard InChI is InChI=1S/C58H43NO/c1-57(2)49-25-12-10-20-42(49)44-30-28-39(34-51(44)57)59(40-29-31-45-43-21-11-13-26-50(43)58(3,4)52(45)35-40)53-27-15-24-47-55-41(36-16-6-5-7-17-36)22-14-23-46(55)48-32-37-18-8-9-19-38(37)33-54(48)60-56(47)53/h5-35H,1-4H3. The maximum atomic E-state index is 7.47. The molecule has 0 saturated heterocycles. The van der Waals surface area contributed by atoms with E-state index in [4.69, 9.17) is 4.74 Å². The molecule has 0 fully saturated rings. The summed E-state index contributed by atoms with van der Waals surface area (Å²) >= 11 is 0. The van der Waals surface area contributed by atoms with Gasteiger partial charge in [0.25, 0.3) is 0 Å². The van der Waals surface area contributed by atoms with Crippen molar-refractivity contribution in [1.82, 2.24) is 0 Å². The Bertz CT molecular complexity index is 3140. The van der Waals surface area contributed by atoms with Crippen molar-refractivity contribution in [2.75, 3.05) is 4.90 Å². The lowest BCUT2D eigenvalue weighted by Crippen LogP contribution is -2.18. The normalized spacial score (nSPS) is 14.4. The predicted molar refractivity (Wildman–Crippen MR) is 250 cm³/mol. The van der Waals surface area contributed by atoms with Crippen molar-refractivity contribution >= 4 is 27.8 Å². The average Bonchev–Trinajstić information content (AvgIpc) is 3.58. The third kappa shape index (κ3) is 4.94. The number of para-hydroxylation sites is 1. The van der Waals surface area contributed by atoms with Gasteiger partial charge in [-0.05, 0) is 114 Å². The summed E-state index contributed by atoms with van der Waals surface area (Å²) in [6.45, 7) is 9.45. The second-order valence-electron chi connectivity index (χ2n) is 17.7. The van der Waals surface area contributed by atoms with E-state index in [9.17, 15) is 0 Å². The topological polar surface area (TPSA) is 12.5 Å². The molecule has 3 aliphatic rings.